The topological polar surface area (TPSA) is 17.1 Å². The van der Waals surface area contributed by atoms with Crippen molar-refractivity contribution >= 4 is 6.29 Å². The highest BCUT2D eigenvalue weighted by atomic mass is 16.1. The third kappa shape index (κ3) is 2.04. The summed E-state index contributed by atoms with van der Waals surface area (Å²) in [7, 11) is 0. The lowest BCUT2D eigenvalue weighted by Gasteiger charge is -2.14. The van der Waals surface area contributed by atoms with Crippen LogP contribution in [0.25, 0.3) is 0 Å². The fraction of sp³-hybridized carbons (Fsp3) is 0.500. The summed E-state index contributed by atoms with van der Waals surface area (Å²) in [5, 5.41) is 0. The van der Waals surface area contributed by atoms with Gasteiger partial charge in [0.25, 0.3) is 0 Å². The van der Waals surface area contributed by atoms with Gasteiger partial charge in [-0.25, -0.2) is 0 Å². The van der Waals surface area contributed by atoms with Crippen molar-refractivity contribution in [2.45, 2.75) is 32.6 Å². The lowest BCUT2D eigenvalue weighted by Crippen LogP contribution is -1.95. The van der Waals surface area contributed by atoms with Crippen LogP contribution in [-0.4, -0.2) is 6.29 Å². The lowest BCUT2D eigenvalue weighted by atomic mass is 9.92. The molecule has 0 spiro atoms. The second-order valence-electron chi connectivity index (χ2n) is 2.80. The summed E-state index contributed by atoms with van der Waals surface area (Å²) in [4.78, 5) is 10.2. The van der Waals surface area contributed by atoms with Gasteiger partial charge in [0.05, 0.1) is 0 Å². The Morgan fingerprint density at radius 1 is 1.64 bits per heavy atom. The molecule has 0 aromatic rings. The van der Waals surface area contributed by atoms with Crippen molar-refractivity contribution in [2.24, 2.45) is 0 Å². The molecular formula is C10H14O. The first-order chi connectivity index (χ1) is 5.38. The van der Waals surface area contributed by atoms with Crippen LogP contribution in [0.4, 0.5) is 0 Å². The molecule has 0 saturated carbocycles. The van der Waals surface area contributed by atoms with Crippen molar-refractivity contribution in [1.29, 1.82) is 0 Å². The number of aldehydes is 1. The van der Waals surface area contributed by atoms with Crippen molar-refractivity contribution in [1.82, 2.24) is 0 Å². The van der Waals surface area contributed by atoms with Gasteiger partial charge in [-0.3, -0.25) is 4.79 Å². The summed E-state index contributed by atoms with van der Waals surface area (Å²) in [5.41, 5.74) is 2.61. The first-order valence-corrected chi connectivity index (χ1v) is 4.22. The summed E-state index contributed by atoms with van der Waals surface area (Å²) < 4.78 is 0. The van der Waals surface area contributed by atoms with Gasteiger partial charge in [-0.15, -0.1) is 0 Å². The molecule has 0 fully saturated rings. The third-order valence-corrected chi connectivity index (χ3v) is 2.10. The maximum Gasteiger partial charge on any atom is 0.143 e. The monoisotopic (exact) mass is 150 g/mol. The number of hydrogen-bond acceptors (Lipinski definition) is 1. The lowest BCUT2D eigenvalue weighted by molar-refractivity contribution is -0.104. The Hall–Kier alpha value is -0.850. The average molecular weight is 150 g/mol. The van der Waals surface area contributed by atoms with Crippen molar-refractivity contribution in [3.8, 4) is 0 Å². The van der Waals surface area contributed by atoms with Crippen LogP contribution in [0, 0.1) is 0 Å². The van der Waals surface area contributed by atoms with E-state index in [0.29, 0.717) is 0 Å². The zero-order valence-corrected chi connectivity index (χ0v) is 6.97. The minimum absolute atomic E-state index is 0.893. The molecule has 11 heavy (non-hydrogen) atoms. The van der Waals surface area contributed by atoms with Crippen LogP contribution in [0.3, 0.4) is 0 Å². The first kappa shape index (κ1) is 8.25. The number of hydrogen-bond donors (Lipinski definition) is 0. The maximum absolute atomic E-state index is 10.2. The molecule has 0 aromatic heterocycles. The molecule has 0 heterocycles. The highest BCUT2D eigenvalue weighted by Gasteiger charge is 2.06. The fourth-order valence-corrected chi connectivity index (χ4v) is 1.50. The molecule has 0 bridgehead atoms. The molecule has 0 amide bonds. The summed E-state index contributed by atoms with van der Waals surface area (Å²) in [6, 6.07) is 0. The molecule has 1 aliphatic carbocycles. The van der Waals surface area contributed by atoms with Gasteiger partial charge in [-0.05, 0) is 42.9 Å². The van der Waals surface area contributed by atoms with Gasteiger partial charge in [-0.1, -0.05) is 13.0 Å². The van der Waals surface area contributed by atoms with E-state index >= 15 is 0 Å². The minimum Gasteiger partial charge on any atom is -0.299 e. The number of carbonyl (C=O) groups is 1. The molecule has 0 unspecified atom stereocenters. The van der Waals surface area contributed by atoms with E-state index in [2.05, 4.69) is 13.0 Å². The van der Waals surface area contributed by atoms with Crippen molar-refractivity contribution in [2.75, 3.05) is 0 Å². The standard InChI is InChI=1S/C10H14O/c1-2-9-5-3-4-6-10(9)7-8-11/h5,7-8H,2-4,6H2,1H3/b10-7+. The van der Waals surface area contributed by atoms with E-state index < -0.39 is 0 Å². The predicted octanol–water partition coefficient (Wildman–Crippen LogP) is 2.63. The van der Waals surface area contributed by atoms with Crippen molar-refractivity contribution in [3.05, 3.63) is 23.3 Å². The maximum atomic E-state index is 10.2. The summed E-state index contributed by atoms with van der Waals surface area (Å²) >= 11 is 0. The number of rotatable bonds is 2. The van der Waals surface area contributed by atoms with Crippen LogP contribution in [0.5, 0.6) is 0 Å². The summed E-state index contributed by atoms with van der Waals surface area (Å²) in [6.07, 6.45) is 9.36. The van der Waals surface area contributed by atoms with Crippen LogP contribution < -0.4 is 0 Å². The molecule has 1 aliphatic rings. The Bertz CT molecular complexity index is 199. The highest BCUT2D eigenvalue weighted by molar-refractivity contribution is 5.68. The smallest absolute Gasteiger partial charge is 0.143 e. The van der Waals surface area contributed by atoms with Gasteiger partial charge in [0.1, 0.15) is 6.29 Å². The van der Waals surface area contributed by atoms with Gasteiger partial charge in [0.15, 0.2) is 0 Å². The Labute approximate surface area is 67.8 Å². The molecule has 0 atom stereocenters. The Kier molecular flexibility index (Phi) is 3.09. The van der Waals surface area contributed by atoms with Crippen LogP contribution >= 0.6 is 0 Å². The van der Waals surface area contributed by atoms with Gasteiger partial charge in [0, 0.05) is 0 Å². The highest BCUT2D eigenvalue weighted by Crippen LogP contribution is 2.25. The SMILES string of the molecule is CCC1=CCCC/C1=C\C=O. The quantitative estimate of drug-likeness (QED) is 0.437. The molecule has 60 valence electrons. The predicted molar refractivity (Wildman–Crippen MR) is 46.4 cm³/mol. The van der Waals surface area contributed by atoms with E-state index in [1.54, 1.807) is 6.08 Å². The van der Waals surface area contributed by atoms with Gasteiger partial charge in [0.2, 0.25) is 0 Å². The molecule has 0 radical (unpaired) electrons. The Morgan fingerprint density at radius 3 is 3.09 bits per heavy atom. The zero-order valence-electron chi connectivity index (χ0n) is 6.97. The minimum atomic E-state index is 0.893. The molecule has 1 nitrogen and oxygen atoms in total. The second-order valence-corrected chi connectivity index (χ2v) is 2.80. The molecular weight excluding hydrogens is 136 g/mol. The Balaban J connectivity index is 2.77. The van der Waals surface area contributed by atoms with Crippen molar-refractivity contribution < 1.29 is 4.79 Å². The van der Waals surface area contributed by atoms with Crippen LogP contribution in [0.15, 0.2) is 23.3 Å². The van der Waals surface area contributed by atoms with E-state index in [-0.39, 0.29) is 0 Å². The van der Waals surface area contributed by atoms with E-state index in [1.165, 1.54) is 24.0 Å². The largest absolute Gasteiger partial charge is 0.299 e. The van der Waals surface area contributed by atoms with E-state index in [9.17, 15) is 4.79 Å². The van der Waals surface area contributed by atoms with Crippen LogP contribution in [0.1, 0.15) is 32.6 Å². The van der Waals surface area contributed by atoms with Gasteiger partial charge in [-0.2, -0.15) is 0 Å². The van der Waals surface area contributed by atoms with Gasteiger partial charge < -0.3 is 0 Å². The average Bonchev–Trinajstić information content (AvgIpc) is 2.06. The number of allylic oxidation sites excluding steroid dienone is 4. The van der Waals surface area contributed by atoms with Crippen LogP contribution in [0.2, 0.25) is 0 Å². The Morgan fingerprint density at radius 2 is 2.45 bits per heavy atom. The zero-order chi connectivity index (χ0) is 8.10. The molecule has 1 heteroatoms. The molecule has 0 saturated heterocycles. The normalized spacial score (nSPS) is 21.5. The molecule has 1 rings (SSSR count). The van der Waals surface area contributed by atoms with Crippen LogP contribution in [-0.2, 0) is 4.79 Å². The first-order valence-electron chi connectivity index (χ1n) is 4.22. The third-order valence-electron chi connectivity index (χ3n) is 2.10. The fourth-order valence-electron chi connectivity index (χ4n) is 1.50. The van der Waals surface area contributed by atoms with E-state index in [0.717, 1.165) is 19.1 Å². The van der Waals surface area contributed by atoms with Crippen molar-refractivity contribution in [3.63, 3.8) is 0 Å². The number of carbonyl (C=O) groups excluding carboxylic acids is 1. The van der Waals surface area contributed by atoms with E-state index in [4.69, 9.17) is 0 Å². The second kappa shape index (κ2) is 4.12. The molecule has 0 aliphatic heterocycles. The summed E-state index contributed by atoms with van der Waals surface area (Å²) in [5.74, 6) is 0. The van der Waals surface area contributed by atoms with Gasteiger partial charge >= 0.3 is 0 Å². The molecule has 0 aromatic carbocycles. The van der Waals surface area contributed by atoms with E-state index in [1.807, 2.05) is 0 Å². The molecule has 0 N–H and O–H groups in total. The summed E-state index contributed by atoms with van der Waals surface area (Å²) in [6.45, 7) is 2.13.